The molecule has 0 aliphatic carbocycles. The van der Waals surface area contributed by atoms with Crippen LogP contribution in [0, 0.1) is 5.92 Å². The molecular formula is C17H25ClN2O3. The molecule has 6 heteroatoms. The van der Waals surface area contributed by atoms with Crippen molar-refractivity contribution in [3.05, 3.63) is 29.3 Å². The first kappa shape index (κ1) is 18.0. The Bertz CT molecular complexity index is 504. The van der Waals surface area contributed by atoms with Crippen molar-refractivity contribution in [1.29, 1.82) is 0 Å². The predicted molar refractivity (Wildman–Crippen MR) is 90.8 cm³/mol. The summed E-state index contributed by atoms with van der Waals surface area (Å²) in [5.41, 5.74) is 0. The summed E-state index contributed by atoms with van der Waals surface area (Å²) in [6.07, 6.45) is 1.78. The Morgan fingerprint density at radius 3 is 2.83 bits per heavy atom. The standard InChI is InChI=1S/C17H25ClN2O3/c1-13-6-8-20(9-7-13)11-14(21)10-19-17(22)12-23-16-5-3-2-4-15(16)18/h2-5,13-14,21H,6-12H2,1H3,(H,19,22). The Balaban J connectivity index is 1.63. The molecule has 1 aliphatic heterocycles. The molecule has 1 fully saturated rings. The van der Waals surface area contributed by atoms with E-state index in [9.17, 15) is 9.90 Å². The zero-order valence-corrected chi connectivity index (χ0v) is 14.3. The third-order valence-electron chi connectivity index (χ3n) is 4.08. The smallest absolute Gasteiger partial charge is 0.258 e. The zero-order valence-electron chi connectivity index (χ0n) is 13.5. The molecule has 0 radical (unpaired) electrons. The fourth-order valence-electron chi connectivity index (χ4n) is 2.59. The van der Waals surface area contributed by atoms with Gasteiger partial charge in [-0.05, 0) is 44.0 Å². The molecular weight excluding hydrogens is 316 g/mol. The van der Waals surface area contributed by atoms with Gasteiger partial charge in [-0.3, -0.25) is 4.79 Å². The molecule has 2 N–H and O–H groups in total. The van der Waals surface area contributed by atoms with Gasteiger partial charge in [-0.2, -0.15) is 0 Å². The van der Waals surface area contributed by atoms with E-state index in [-0.39, 0.29) is 19.1 Å². The lowest BCUT2D eigenvalue weighted by Gasteiger charge is -2.31. The summed E-state index contributed by atoms with van der Waals surface area (Å²) < 4.78 is 5.36. The number of rotatable bonds is 7. The number of carbonyl (C=O) groups is 1. The van der Waals surface area contributed by atoms with Crippen LogP contribution in [-0.2, 0) is 4.79 Å². The number of hydrogen-bond donors (Lipinski definition) is 2. The van der Waals surface area contributed by atoms with Crippen LogP contribution in [-0.4, -0.2) is 54.8 Å². The number of nitrogens with zero attached hydrogens (tertiary/aromatic N) is 1. The molecule has 1 atom stereocenters. The predicted octanol–water partition coefficient (Wildman–Crippen LogP) is 1.93. The van der Waals surface area contributed by atoms with E-state index in [0.29, 0.717) is 17.3 Å². The SMILES string of the molecule is CC1CCN(CC(O)CNC(=O)COc2ccccc2Cl)CC1. The molecule has 0 spiro atoms. The number of benzene rings is 1. The van der Waals surface area contributed by atoms with Gasteiger partial charge in [-0.1, -0.05) is 30.7 Å². The van der Waals surface area contributed by atoms with Gasteiger partial charge in [0.15, 0.2) is 6.61 Å². The van der Waals surface area contributed by atoms with E-state index in [0.717, 1.165) is 19.0 Å². The van der Waals surface area contributed by atoms with E-state index >= 15 is 0 Å². The minimum absolute atomic E-state index is 0.113. The molecule has 1 unspecified atom stereocenters. The molecule has 0 saturated carbocycles. The maximum Gasteiger partial charge on any atom is 0.258 e. The molecule has 1 aromatic rings. The van der Waals surface area contributed by atoms with Crippen molar-refractivity contribution >= 4 is 17.5 Å². The molecule has 1 heterocycles. The van der Waals surface area contributed by atoms with Gasteiger partial charge in [0.05, 0.1) is 11.1 Å². The normalized spacial score (nSPS) is 17.7. The monoisotopic (exact) mass is 340 g/mol. The second kappa shape index (κ2) is 9.11. The van der Waals surface area contributed by atoms with Crippen LogP contribution < -0.4 is 10.1 Å². The molecule has 23 heavy (non-hydrogen) atoms. The molecule has 2 rings (SSSR count). The quantitative estimate of drug-likeness (QED) is 0.796. The number of hydrogen-bond acceptors (Lipinski definition) is 4. The van der Waals surface area contributed by atoms with Crippen LogP contribution in [0.1, 0.15) is 19.8 Å². The van der Waals surface area contributed by atoms with Crippen LogP contribution in [0.5, 0.6) is 5.75 Å². The zero-order chi connectivity index (χ0) is 16.7. The first-order valence-corrected chi connectivity index (χ1v) is 8.47. The second-order valence-electron chi connectivity index (χ2n) is 6.16. The van der Waals surface area contributed by atoms with Gasteiger partial charge in [0.2, 0.25) is 0 Å². The lowest BCUT2D eigenvalue weighted by Crippen LogP contribution is -2.43. The highest BCUT2D eigenvalue weighted by molar-refractivity contribution is 6.32. The highest BCUT2D eigenvalue weighted by atomic mass is 35.5. The number of β-amino-alcohol motifs (C(OH)–C–C–N with tert-alkyl or cyclic N) is 1. The van der Waals surface area contributed by atoms with E-state index in [4.69, 9.17) is 16.3 Å². The van der Waals surface area contributed by atoms with E-state index in [2.05, 4.69) is 17.1 Å². The van der Waals surface area contributed by atoms with Crippen LogP contribution in [0.25, 0.3) is 0 Å². The summed E-state index contributed by atoms with van der Waals surface area (Å²) in [5.74, 6) is 0.980. The summed E-state index contributed by atoms with van der Waals surface area (Å²) in [6, 6.07) is 7.01. The first-order chi connectivity index (χ1) is 11.0. The minimum Gasteiger partial charge on any atom is -0.482 e. The summed E-state index contributed by atoms with van der Waals surface area (Å²) in [4.78, 5) is 14.0. The second-order valence-corrected chi connectivity index (χ2v) is 6.57. The maximum absolute atomic E-state index is 11.8. The largest absolute Gasteiger partial charge is 0.482 e. The van der Waals surface area contributed by atoms with Gasteiger partial charge >= 0.3 is 0 Å². The fraction of sp³-hybridized carbons (Fsp3) is 0.588. The lowest BCUT2D eigenvalue weighted by atomic mass is 9.99. The van der Waals surface area contributed by atoms with Gasteiger partial charge in [-0.15, -0.1) is 0 Å². The van der Waals surface area contributed by atoms with Crippen molar-refractivity contribution in [2.75, 3.05) is 32.8 Å². The minimum atomic E-state index is -0.562. The van der Waals surface area contributed by atoms with Gasteiger partial charge in [0.1, 0.15) is 5.75 Å². The molecule has 1 aromatic carbocycles. The third kappa shape index (κ3) is 6.37. The number of para-hydroxylation sites is 1. The number of piperidine rings is 1. The number of aliphatic hydroxyl groups is 1. The fourth-order valence-corrected chi connectivity index (χ4v) is 2.79. The summed E-state index contributed by atoms with van der Waals surface area (Å²) >= 11 is 5.95. The Labute approximate surface area is 142 Å². The molecule has 1 saturated heterocycles. The van der Waals surface area contributed by atoms with Crippen molar-refractivity contribution in [3.63, 3.8) is 0 Å². The van der Waals surface area contributed by atoms with E-state index in [1.54, 1.807) is 24.3 Å². The Hall–Kier alpha value is -1.30. The number of likely N-dealkylation sites (tertiary alicyclic amines) is 1. The van der Waals surface area contributed by atoms with Crippen molar-refractivity contribution in [1.82, 2.24) is 10.2 Å². The van der Waals surface area contributed by atoms with Gasteiger partial charge < -0.3 is 20.1 Å². The van der Waals surface area contributed by atoms with Crippen LogP contribution in [0.4, 0.5) is 0 Å². The average Bonchev–Trinajstić information content (AvgIpc) is 2.54. The van der Waals surface area contributed by atoms with Crippen molar-refractivity contribution in [2.45, 2.75) is 25.9 Å². The van der Waals surface area contributed by atoms with Crippen LogP contribution in [0.2, 0.25) is 5.02 Å². The Morgan fingerprint density at radius 2 is 2.13 bits per heavy atom. The molecule has 0 bridgehead atoms. The van der Waals surface area contributed by atoms with E-state index in [1.165, 1.54) is 12.8 Å². The van der Waals surface area contributed by atoms with Crippen LogP contribution >= 0.6 is 11.6 Å². The van der Waals surface area contributed by atoms with Gasteiger partial charge in [-0.25, -0.2) is 0 Å². The van der Waals surface area contributed by atoms with Crippen LogP contribution in [0.15, 0.2) is 24.3 Å². The average molecular weight is 341 g/mol. The van der Waals surface area contributed by atoms with E-state index in [1.807, 2.05) is 0 Å². The third-order valence-corrected chi connectivity index (χ3v) is 4.39. The van der Waals surface area contributed by atoms with Crippen LogP contribution in [0.3, 0.4) is 0 Å². The molecule has 1 amide bonds. The molecule has 1 aliphatic rings. The first-order valence-electron chi connectivity index (χ1n) is 8.09. The number of amides is 1. The number of nitrogens with one attached hydrogen (secondary N) is 1. The lowest BCUT2D eigenvalue weighted by molar-refractivity contribution is -0.123. The van der Waals surface area contributed by atoms with Crippen molar-refractivity contribution in [2.24, 2.45) is 5.92 Å². The topological polar surface area (TPSA) is 61.8 Å². The number of carbonyl (C=O) groups excluding carboxylic acids is 1. The summed E-state index contributed by atoms with van der Waals surface area (Å²) in [6.45, 7) is 5.00. The number of aliphatic hydroxyl groups excluding tert-OH is 1. The number of ether oxygens (including phenoxy) is 1. The molecule has 0 aromatic heterocycles. The Kier molecular flexibility index (Phi) is 7.15. The highest BCUT2D eigenvalue weighted by Crippen LogP contribution is 2.22. The molecule has 128 valence electrons. The van der Waals surface area contributed by atoms with E-state index < -0.39 is 6.10 Å². The summed E-state index contributed by atoms with van der Waals surface area (Å²) in [5, 5.41) is 13.2. The maximum atomic E-state index is 11.8. The van der Waals surface area contributed by atoms with Crippen molar-refractivity contribution in [3.8, 4) is 5.75 Å². The summed E-state index contributed by atoms with van der Waals surface area (Å²) in [7, 11) is 0. The van der Waals surface area contributed by atoms with Crippen molar-refractivity contribution < 1.29 is 14.6 Å². The molecule has 5 nitrogen and oxygen atoms in total. The van der Waals surface area contributed by atoms with Gasteiger partial charge in [0, 0.05) is 13.1 Å². The number of halogens is 1. The highest BCUT2D eigenvalue weighted by Gasteiger charge is 2.18. The Morgan fingerprint density at radius 1 is 1.43 bits per heavy atom. The van der Waals surface area contributed by atoms with Gasteiger partial charge in [0.25, 0.3) is 5.91 Å².